The van der Waals surface area contributed by atoms with Gasteiger partial charge in [0.15, 0.2) is 6.10 Å². The summed E-state index contributed by atoms with van der Waals surface area (Å²) >= 11 is 0. The van der Waals surface area contributed by atoms with Crippen LogP contribution in [0.5, 0.6) is 5.75 Å². The molecular weight excluding hydrogens is 206 g/mol. The molecule has 1 atom stereocenters. The van der Waals surface area contributed by atoms with Crippen LogP contribution in [0.2, 0.25) is 0 Å². The first kappa shape index (κ1) is 12.4. The summed E-state index contributed by atoms with van der Waals surface area (Å²) in [6.45, 7) is 3.77. The van der Waals surface area contributed by atoms with Gasteiger partial charge in [-0.2, -0.15) is 0 Å². The van der Waals surface area contributed by atoms with Gasteiger partial charge >= 0.3 is 5.97 Å². The number of nitrogen functional groups attached to an aromatic ring is 1. The van der Waals surface area contributed by atoms with Gasteiger partial charge in [-0.25, -0.2) is 4.79 Å². The lowest BCUT2D eigenvalue weighted by molar-refractivity contribution is -0.145. The normalized spacial score (nSPS) is 12.1. The van der Waals surface area contributed by atoms with E-state index >= 15 is 0 Å². The van der Waals surface area contributed by atoms with E-state index < -0.39 is 12.1 Å². The molecule has 0 aliphatic heterocycles. The number of benzene rings is 1. The monoisotopic (exact) mass is 223 g/mol. The Hall–Kier alpha value is -1.71. The van der Waals surface area contributed by atoms with Crippen LogP contribution in [0.4, 0.5) is 5.69 Å². The highest BCUT2D eigenvalue weighted by Crippen LogP contribution is 2.22. The molecular formula is C12H17NO3. The quantitative estimate of drug-likeness (QED) is 0.750. The van der Waals surface area contributed by atoms with Gasteiger partial charge in [0, 0.05) is 5.69 Å². The summed E-state index contributed by atoms with van der Waals surface area (Å²) in [4.78, 5) is 10.9. The number of aryl methyl sites for hydroxylation is 1. The third kappa shape index (κ3) is 3.15. The minimum Gasteiger partial charge on any atom is -0.479 e. The fraction of sp³-hybridized carbons (Fsp3) is 0.417. The van der Waals surface area contributed by atoms with E-state index in [-0.39, 0.29) is 0 Å². The second kappa shape index (κ2) is 5.39. The highest BCUT2D eigenvalue weighted by Gasteiger charge is 2.18. The average Bonchev–Trinajstić information content (AvgIpc) is 2.20. The molecule has 1 unspecified atom stereocenters. The smallest absolute Gasteiger partial charge is 0.344 e. The van der Waals surface area contributed by atoms with Gasteiger partial charge in [-0.1, -0.05) is 13.3 Å². The van der Waals surface area contributed by atoms with Gasteiger partial charge in [0.2, 0.25) is 0 Å². The second-order valence-corrected chi connectivity index (χ2v) is 3.76. The van der Waals surface area contributed by atoms with Crippen molar-refractivity contribution < 1.29 is 14.6 Å². The van der Waals surface area contributed by atoms with Crippen molar-refractivity contribution in [1.29, 1.82) is 0 Å². The van der Waals surface area contributed by atoms with Crippen LogP contribution in [0.15, 0.2) is 18.2 Å². The second-order valence-electron chi connectivity index (χ2n) is 3.76. The Kier molecular flexibility index (Phi) is 4.17. The molecule has 0 amide bonds. The third-order valence-corrected chi connectivity index (χ3v) is 2.29. The molecule has 16 heavy (non-hydrogen) atoms. The molecule has 0 aliphatic rings. The van der Waals surface area contributed by atoms with Gasteiger partial charge in [-0.3, -0.25) is 0 Å². The first-order valence-corrected chi connectivity index (χ1v) is 5.30. The van der Waals surface area contributed by atoms with Gasteiger partial charge in [0.05, 0.1) is 0 Å². The molecule has 0 bridgehead atoms. The standard InChI is InChI=1S/C12H17NO3/c1-3-4-11(12(14)15)16-10-6-5-9(13)7-8(10)2/h5-7,11H,3-4,13H2,1-2H3,(H,14,15). The summed E-state index contributed by atoms with van der Waals surface area (Å²) in [5.41, 5.74) is 7.10. The van der Waals surface area contributed by atoms with Crippen molar-refractivity contribution in [3.05, 3.63) is 23.8 Å². The van der Waals surface area contributed by atoms with E-state index in [0.29, 0.717) is 17.9 Å². The molecule has 0 spiro atoms. The van der Waals surface area contributed by atoms with Crippen LogP contribution < -0.4 is 10.5 Å². The summed E-state index contributed by atoms with van der Waals surface area (Å²) in [6.07, 6.45) is 0.483. The first-order chi connectivity index (χ1) is 7.54. The molecule has 0 saturated carbocycles. The predicted octanol–water partition coefficient (Wildman–Crippen LogP) is 2.21. The van der Waals surface area contributed by atoms with Crippen LogP contribution in [-0.2, 0) is 4.79 Å². The minimum absolute atomic E-state index is 0.499. The Bertz CT molecular complexity index is 377. The van der Waals surface area contributed by atoms with E-state index in [1.54, 1.807) is 18.2 Å². The van der Waals surface area contributed by atoms with Crippen LogP contribution >= 0.6 is 0 Å². The summed E-state index contributed by atoms with van der Waals surface area (Å²) in [7, 11) is 0. The molecule has 0 aromatic heterocycles. The molecule has 4 heteroatoms. The van der Waals surface area contributed by atoms with Crippen molar-refractivity contribution in [2.75, 3.05) is 5.73 Å². The van der Waals surface area contributed by atoms with E-state index in [0.717, 1.165) is 12.0 Å². The summed E-state index contributed by atoms with van der Waals surface area (Å²) in [6, 6.07) is 5.17. The maximum atomic E-state index is 10.9. The van der Waals surface area contributed by atoms with E-state index in [2.05, 4.69) is 0 Å². The fourth-order valence-corrected chi connectivity index (χ4v) is 1.45. The lowest BCUT2D eigenvalue weighted by Gasteiger charge is -2.16. The molecule has 0 heterocycles. The van der Waals surface area contributed by atoms with Crippen molar-refractivity contribution in [3.63, 3.8) is 0 Å². The zero-order valence-electron chi connectivity index (χ0n) is 9.56. The van der Waals surface area contributed by atoms with Gasteiger partial charge in [-0.05, 0) is 37.1 Å². The Morgan fingerprint density at radius 2 is 2.25 bits per heavy atom. The molecule has 88 valence electrons. The Balaban J connectivity index is 2.81. The molecule has 0 aliphatic carbocycles. The molecule has 1 rings (SSSR count). The number of ether oxygens (including phenoxy) is 1. The highest BCUT2D eigenvalue weighted by molar-refractivity contribution is 5.72. The van der Waals surface area contributed by atoms with E-state index in [4.69, 9.17) is 15.6 Å². The van der Waals surface area contributed by atoms with Crippen LogP contribution in [0, 0.1) is 6.92 Å². The molecule has 0 fully saturated rings. The predicted molar refractivity (Wildman–Crippen MR) is 62.6 cm³/mol. The van der Waals surface area contributed by atoms with Crippen LogP contribution in [-0.4, -0.2) is 17.2 Å². The maximum absolute atomic E-state index is 10.9. The van der Waals surface area contributed by atoms with Crippen molar-refractivity contribution in [2.45, 2.75) is 32.8 Å². The van der Waals surface area contributed by atoms with Crippen LogP contribution in [0.25, 0.3) is 0 Å². The number of hydrogen-bond donors (Lipinski definition) is 2. The van der Waals surface area contributed by atoms with E-state index in [1.807, 2.05) is 13.8 Å². The van der Waals surface area contributed by atoms with Crippen molar-refractivity contribution in [2.24, 2.45) is 0 Å². The van der Waals surface area contributed by atoms with Crippen molar-refractivity contribution in [3.8, 4) is 5.75 Å². The van der Waals surface area contributed by atoms with Gasteiger partial charge in [0.1, 0.15) is 5.75 Å². The van der Waals surface area contributed by atoms with Crippen LogP contribution in [0.1, 0.15) is 25.3 Å². The van der Waals surface area contributed by atoms with E-state index in [1.165, 1.54) is 0 Å². The topological polar surface area (TPSA) is 72.5 Å². The molecule has 4 nitrogen and oxygen atoms in total. The Labute approximate surface area is 95.0 Å². The lowest BCUT2D eigenvalue weighted by Crippen LogP contribution is -2.26. The number of carboxylic acids is 1. The average molecular weight is 223 g/mol. The largest absolute Gasteiger partial charge is 0.479 e. The Morgan fingerprint density at radius 1 is 1.56 bits per heavy atom. The van der Waals surface area contributed by atoms with E-state index in [9.17, 15) is 4.79 Å². The number of aliphatic carboxylic acids is 1. The third-order valence-electron chi connectivity index (χ3n) is 2.29. The zero-order chi connectivity index (χ0) is 12.1. The number of hydrogen-bond acceptors (Lipinski definition) is 3. The lowest BCUT2D eigenvalue weighted by atomic mass is 10.2. The number of carboxylic acid groups (broad SMARTS) is 1. The SMILES string of the molecule is CCCC(Oc1ccc(N)cc1C)C(=O)O. The minimum atomic E-state index is -0.932. The zero-order valence-corrected chi connectivity index (χ0v) is 9.56. The van der Waals surface area contributed by atoms with Gasteiger partial charge < -0.3 is 15.6 Å². The molecule has 3 N–H and O–H groups in total. The number of carbonyl (C=O) groups is 1. The summed E-state index contributed by atoms with van der Waals surface area (Å²) < 4.78 is 5.45. The Morgan fingerprint density at radius 3 is 2.75 bits per heavy atom. The molecule has 0 radical (unpaired) electrons. The van der Waals surface area contributed by atoms with Crippen molar-refractivity contribution >= 4 is 11.7 Å². The summed E-state index contributed by atoms with van der Waals surface area (Å²) in [5.74, 6) is -0.354. The number of anilines is 1. The molecule has 1 aromatic carbocycles. The molecule has 1 aromatic rings. The van der Waals surface area contributed by atoms with Crippen LogP contribution in [0.3, 0.4) is 0 Å². The summed E-state index contributed by atoms with van der Waals surface area (Å²) in [5, 5.41) is 8.96. The number of rotatable bonds is 5. The highest BCUT2D eigenvalue weighted by atomic mass is 16.5. The number of nitrogens with two attached hydrogens (primary N) is 1. The van der Waals surface area contributed by atoms with Gasteiger partial charge in [0.25, 0.3) is 0 Å². The van der Waals surface area contributed by atoms with Gasteiger partial charge in [-0.15, -0.1) is 0 Å². The van der Waals surface area contributed by atoms with Crippen molar-refractivity contribution in [1.82, 2.24) is 0 Å². The molecule has 0 saturated heterocycles. The maximum Gasteiger partial charge on any atom is 0.344 e. The fourth-order valence-electron chi connectivity index (χ4n) is 1.45. The first-order valence-electron chi connectivity index (χ1n) is 5.30.